The molecule has 2 aromatic rings. The monoisotopic (exact) mass is 424 g/mol. The lowest BCUT2D eigenvalue weighted by Gasteiger charge is -2.32. The molecule has 2 aliphatic carbocycles. The number of Topliss-reactive ketones (excluding diaryl/α,β-unsaturated/α-hetero) is 1. The minimum absolute atomic E-state index is 0.176. The Hall–Kier alpha value is -3.02. The summed E-state index contributed by atoms with van der Waals surface area (Å²) < 4.78 is 17.4. The zero-order valence-electron chi connectivity index (χ0n) is 18.4. The maximum Gasteiger partial charge on any atom is 0.310 e. The van der Waals surface area contributed by atoms with Gasteiger partial charge < -0.3 is 19.3 Å². The Balaban J connectivity index is 1.74. The summed E-state index contributed by atoms with van der Waals surface area (Å²) in [7, 11) is 3.12. The molecule has 0 radical (unpaired) electrons. The van der Waals surface area contributed by atoms with Crippen LogP contribution in [0.4, 0.5) is 0 Å². The average molecular weight is 424 g/mol. The predicted octanol–water partition coefficient (Wildman–Crippen LogP) is 4.77. The number of carboxylic acid groups (broad SMARTS) is 1. The Kier molecular flexibility index (Phi) is 5.20. The number of methoxy groups -OCH3 is 2. The van der Waals surface area contributed by atoms with Crippen molar-refractivity contribution in [2.45, 2.75) is 39.5 Å². The van der Waals surface area contributed by atoms with Gasteiger partial charge in [0.25, 0.3) is 0 Å². The zero-order valence-corrected chi connectivity index (χ0v) is 18.4. The van der Waals surface area contributed by atoms with Gasteiger partial charge in [0, 0.05) is 23.0 Å². The van der Waals surface area contributed by atoms with Gasteiger partial charge in [-0.25, -0.2) is 0 Å². The number of fused-ring (bicyclic) bond motifs is 1. The van der Waals surface area contributed by atoms with E-state index in [1.807, 2.05) is 44.2 Å². The molecule has 1 fully saturated rings. The predicted molar refractivity (Wildman–Crippen MR) is 116 cm³/mol. The number of carbonyl (C=O) groups is 2. The van der Waals surface area contributed by atoms with Crippen LogP contribution >= 0.6 is 0 Å². The fourth-order valence-electron chi connectivity index (χ4n) is 4.59. The lowest BCUT2D eigenvalue weighted by molar-refractivity contribution is -0.149. The first-order chi connectivity index (χ1) is 14.7. The van der Waals surface area contributed by atoms with E-state index in [1.54, 1.807) is 14.2 Å². The number of carboxylic acids is 1. The molecule has 0 aromatic heterocycles. The van der Waals surface area contributed by atoms with Gasteiger partial charge in [0.15, 0.2) is 17.3 Å². The van der Waals surface area contributed by atoms with E-state index in [4.69, 9.17) is 14.2 Å². The first kappa shape index (κ1) is 21.2. The summed E-state index contributed by atoms with van der Waals surface area (Å²) >= 11 is 0. The molecule has 0 amide bonds. The fraction of sp³-hybridized carbons (Fsp3) is 0.440. The number of hydrogen-bond donors (Lipinski definition) is 1. The molecule has 0 spiro atoms. The number of aryl methyl sites for hydroxylation is 1. The van der Waals surface area contributed by atoms with E-state index in [9.17, 15) is 14.7 Å². The van der Waals surface area contributed by atoms with Crippen LogP contribution < -0.4 is 14.2 Å². The minimum Gasteiger partial charge on any atom is -0.493 e. The van der Waals surface area contributed by atoms with Crippen LogP contribution in [0.3, 0.4) is 0 Å². The third-order valence-corrected chi connectivity index (χ3v) is 6.87. The molecule has 0 aliphatic heterocycles. The molecule has 164 valence electrons. The number of ketones is 1. The second-order valence-electron chi connectivity index (χ2n) is 9.03. The number of rotatable bonds is 8. The van der Waals surface area contributed by atoms with Gasteiger partial charge in [-0.05, 0) is 42.5 Å². The van der Waals surface area contributed by atoms with Crippen molar-refractivity contribution in [3.8, 4) is 28.4 Å². The maximum absolute atomic E-state index is 12.0. The van der Waals surface area contributed by atoms with Crippen molar-refractivity contribution < 1.29 is 28.9 Å². The van der Waals surface area contributed by atoms with E-state index in [0.717, 1.165) is 28.7 Å². The van der Waals surface area contributed by atoms with Crippen LogP contribution in [0.2, 0.25) is 0 Å². The summed E-state index contributed by atoms with van der Waals surface area (Å²) in [6, 6.07) is 9.55. The smallest absolute Gasteiger partial charge is 0.310 e. The molecular formula is C25H28O6. The van der Waals surface area contributed by atoms with Crippen LogP contribution in [0.1, 0.15) is 49.0 Å². The summed E-state index contributed by atoms with van der Waals surface area (Å²) in [4.78, 5) is 23.9. The van der Waals surface area contributed by atoms with Crippen LogP contribution in [0, 0.1) is 10.8 Å². The molecule has 4 rings (SSSR count). The lowest BCUT2D eigenvalue weighted by Crippen LogP contribution is -2.37. The Morgan fingerprint density at radius 3 is 2.35 bits per heavy atom. The van der Waals surface area contributed by atoms with Gasteiger partial charge in [0.2, 0.25) is 5.75 Å². The van der Waals surface area contributed by atoms with Gasteiger partial charge in [-0.15, -0.1) is 0 Å². The SMILES string of the molecule is COc1ccc(-c2ccc3c(c2)CCC3=O)c(OCC(C)(C)C2(C(=O)O)CC2)c1OC. The summed E-state index contributed by atoms with van der Waals surface area (Å²) in [6.45, 7) is 4.09. The molecule has 6 heteroatoms. The Morgan fingerprint density at radius 2 is 1.74 bits per heavy atom. The molecule has 0 unspecified atom stereocenters. The van der Waals surface area contributed by atoms with Crippen molar-refractivity contribution in [3.63, 3.8) is 0 Å². The second-order valence-corrected chi connectivity index (χ2v) is 9.03. The highest BCUT2D eigenvalue weighted by Crippen LogP contribution is 2.59. The molecule has 31 heavy (non-hydrogen) atoms. The number of aliphatic carboxylic acids is 1. The Labute approximate surface area is 182 Å². The van der Waals surface area contributed by atoms with Gasteiger partial charge in [-0.3, -0.25) is 9.59 Å². The van der Waals surface area contributed by atoms with Crippen LogP contribution in [-0.4, -0.2) is 37.7 Å². The van der Waals surface area contributed by atoms with E-state index in [-0.39, 0.29) is 12.4 Å². The van der Waals surface area contributed by atoms with Crippen molar-refractivity contribution in [1.29, 1.82) is 0 Å². The normalized spacial score (nSPS) is 16.6. The molecule has 1 saturated carbocycles. The molecule has 2 aliphatic rings. The van der Waals surface area contributed by atoms with Gasteiger partial charge in [0.05, 0.1) is 26.2 Å². The van der Waals surface area contributed by atoms with Gasteiger partial charge in [-0.1, -0.05) is 32.0 Å². The van der Waals surface area contributed by atoms with Crippen LogP contribution in [0.15, 0.2) is 30.3 Å². The third-order valence-electron chi connectivity index (χ3n) is 6.87. The molecule has 0 bridgehead atoms. The van der Waals surface area contributed by atoms with Crippen LogP contribution in [0.25, 0.3) is 11.1 Å². The molecule has 0 atom stereocenters. The average Bonchev–Trinajstić information content (AvgIpc) is 3.51. The highest BCUT2D eigenvalue weighted by molar-refractivity contribution is 6.01. The fourth-order valence-corrected chi connectivity index (χ4v) is 4.59. The van der Waals surface area contributed by atoms with E-state index < -0.39 is 16.8 Å². The van der Waals surface area contributed by atoms with Gasteiger partial charge >= 0.3 is 5.97 Å². The van der Waals surface area contributed by atoms with Gasteiger partial charge in [0.1, 0.15) is 0 Å². The van der Waals surface area contributed by atoms with Crippen molar-refractivity contribution in [2.24, 2.45) is 10.8 Å². The number of carbonyl (C=O) groups excluding carboxylic acids is 1. The largest absolute Gasteiger partial charge is 0.493 e. The molecule has 0 saturated heterocycles. The molecular weight excluding hydrogens is 396 g/mol. The zero-order chi connectivity index (χ0) is 22.4. The maximum atomic E-state index is 12.0. The standard InChI is InChI=1S/C25H28O6/c1-24(2,25(11-12-25)23(27)28)14-31-21-18(8-10-20(29-3)22(21)30-4)16-5-7-17-15(13-16)6-9-19(17)26/h5,7-8,10,13H,6,9,11-12,14H2,1-4H3,(H,27,28). The summed E-state index contributed by atoms with van der Waals surface area (Å²) in [6.07, 6.45) is 2.58. The minimum atomic E-state index is -0.776. The number of ether oxygens (including phenoxy) is 3. The van der Waals surface area contributed by atoms with Crippen LogP contribution in [-0.2, 0) is 11.2 Å². The summed E-state index contributed by atoms with van der Waals surface area (Å²) in [5.74, 6) is 0.917. The van der Waals surface area contributed by atoms with Crippen LogP contribution in [0.5, 0.6) is 17.2 Å². The molecule has 2 aromatic carbocycles. The third kappa shape index (κ3) is 3.44. The first-order valence-corrected chi connectivity index (χ1v) is 10.5. The van der Waals surface area contributed by atoms with E-state index in [2.05, 4.69) is 0 Å². The number of hydrogen-bond acceptors (Lipinski definition) is 5. The van der Waals surface area contributed by atoms with Crippen molar-refractivity contribution in [1.82, 2.24) is 0 Å². The van der Waals surface area contributed by atoms with Crippen molar-refractivity contribution in [2.75, 3.05) is 20.8 Å². The van der Waals surface area contributed by atoms with E-state index >= 15 is 0 Å². The quantitative estimate of drug-likeness (QED) is 0.657. The van der Waals surface area contributed by atoms with E-state index in [1.165, 1.54) is 0 Å². The van der Waals surface area contributed by atoms with E-state index in [0.29, 0.717) is 36.5 Å². The highest BCUT2D eigenvalue weighted by Gasteiger charge is 2.60. The highest BCUT2D eigenvalue weighted by atomic mass is 16.5. The van der Waals surface area contributed by atoms with Gasteiger partial charge in [-0.2, -0.15) is 0 Å². The Morgan fingerprint density at radius 1 is 1.03 bits per heavy atom. The second kappa shape index (κ2) is 7.59. The van der Waals surface area contributed by atoms with Crippen molar-refractivity contribution >= 4 is 11.8 Å². The van der Waals surface area contributed by atoms with Crippen molar-refractivity contribution in [3.05, 3.63) is 41.5 Å². The first-order valence-electron chi connectivity index (χ1n) is 10.5. The summed E-state index contributed by atoms with van der Waals surface area (Å²) in [5.41, 5.74) is 2.23. The summed E-state index contributed by atoms with van der Waals surface area (Å²) in [5, 5.41) is 9.74. The number of benzene rings is 2. The molecule has 6 nitrogen and oxygen atoms in total. The lowest BCUT2D eigenvalue weighted by atomic mass is 9.76. The Bertz CT molecular complexity index is 1050. The molecule has 1 N–H and O–H groups in total. The topological polar surface area (TPSA) is 82.1 Å². The molecule has 0 heterocycles.